The van der Waals surface area contributed by atoms with E-state index in [1.165, 1.54) is 19.1 Å². The van der Waals surface area contributed by atoms with Gasteiger partial charge >= 0.3 is 5.97 Å². The molecule has 1 atom stereocenters. The van der Waals surface area contributed by atoms with Gasteiger partial charge < -0.3 is 9.64 Å². The highest BCUT2D eigenvalue weighted by Crippen LogP contribution is 2.32. The van der Waals surface area contributed by atoms with Crippen LogP contribution in [0.3, 0.4) is 0 Å². The van der Waals surface area contributed by atoms with Gasteiger partial charge in [0.2, 0.25) is 0 Å². The van der Waals surface area contributed by atoms with Gasteiger partial charge in [-0.3, -0.25) is 0 Å². The molecule has 0 amide bonds. The van der Waals surface area contributed by atoms with Crippen molar-refractivity contribution in [1.29, 1.82) is 0 Å². The zero-order valence-electron chi connectivity index (χ0n) is 12.6. The Hall–Kier alpha value is -1.77. The lowest BCUT2D eigenvalue weighted by Crippen LogP contribution is -2.32. The average molecular weight is 273 g/mol. The molecule has 3 heteroatoms. The maximum absolute atomic E-state index is 11.8. The molecule has 1 aromatic rings. The van der Waals surface area contributed by atoms with Gasteiger partial charge in [0.1, 0.15) is 0 Å². The molecule has 0 N–H and O–H groups in total. The van der Waals surface area contributed by atoms with E-state index < -0.39 is 0 Å². The molecule has 1 aliphatic rings. The first-order chi connectivity index (χ1) is 9.65. The summed E-state index contributed by atoms with van der Waals surface area (Å²) in [7, 11) is 1.44. The zero-order chi connectivity index (χ0) is 14.5. The summed E-state index contributed by atoms with van der Waals surface area (Å²) in [6.07, 6.45) is 3.27. The van der Waals surface area contributed by atoms with Gasteiger partial charge in [0.25, 0.3) is 0 Å². The standard InChI is InChI=1S/C17H23NO2/c1-13(17(19)20-3)16-11-7-8-12-18(16)14(2)15-9-5-4-6-10-15/h4-6,9-10,14H,7-8,11-12H2,1-3H3/b16-13+/t14-/m0/s1. The summed E-state index contributed by atoms with van der Waals surface area (Å²) in [6.45, 7) is 5.07. The van der Waals surface area contributed by atoms with E-state index in [0.29, 0.717) is 0 Å². The second-order valence-corrected chi connectivity index (χ2v) is 5.30. The summed E-state index contributed by atoms with van der Waals surface area (Å²) in [5.41, 5.74) is 3.17. The Balaban J connectivity index is 2.30. The number of benzene rings is 1. The first-order valence-electron chi connectivity index (χ1n) is 7.24. The topological polar surface area (TPSA) is 29.5 Å². The van der Waals surface area contributed by atoms with Crippen molar-refractivity contribution in [3.8, 4) is 0 Å². The number of methoxy groups -OCH3 is 1. The van der Waals surface area contributed by atoms with Crippen molar-refractivity contribution >= 4 is 5.97 Å². The van der Waals surface area contributed by atoms with Gasteiger partial charge in [-0.15, -0.1) is 0 Å². The Kier molecular flexibility index (Phi) is 4.83. The maximum atomic E-state index is 11.8. The molecule has 1 saturated heterocycles. The lowest BCUT2D eigenvalue weighted by molar-refractivity contribution is -0.136. The molecule has 0 unspecified atom stereocenters. The maximum Gasteiger partial charge on any atom is 0.335 e. The van der Waals surface area contributed by atoms with Crippen LogP contribution in [0.4, 0.5) is 0 Å². The van der Waals surface area contributed by atoms with Crippen molar-refractivity contribution < 1.29 is 9.53 Å². The van der Waals surface area contributed by atoms with Crippen LogP contribution in [0.2, 0.25) is 0 Å². The Morgan fingerprint density at radius 3 is 2.60 bits per heavy atom. The number of esters is 1. The highest BCUT2D eigenvalue weighted by molar-refractivity contribution is 5.88. The first-order valence-corrected chi connectivity index (χ1v) is 7.24. The highest BCUT2D eigenvalue weighted by atomic mass is 16.5. The molecule has 1 fully saturated rings. The van der Waals surface area contributed by atoms with Gasteiger partial charge in [-0.1, -0.05) is 30.3 Å². The molecule has 1 heterocycles. The predicted octanol–water partition coefficient (Wildman–Crippen LogP) is 3.68. The molecule has 0 saturated carbocycles. The van der Waals surface area contributed by atoms with E-state index >= 15 is 0 Å². The number of allylic oxidation sites excluding steroid dienone is 1. The van der Waals surface area contributed by atoms with E-state index in [4.69, 9.17) is 4.74 Å². The molecule has 2 rings (SSSR count). The molecule has 1 aromatic carbocycles. The van der Waals surface area contributed by atoms with Crippen LogP contribution in [-0.2, 0) is 9.53 Å². The second kappa shape index (κ2) is 6.60. The van der Waals surface area contributed by atoms with Crippen LogP contribution in [0.25, 0.3) is 0 Å². The number of piperidine rings is 1. The molecule has 20 heavy (non-hydrogen) atoms. The van der Waals surface area contributed by atoms with Gasteiger partial charge in [0.15, 0.2) is 0 Å². The summed E-state index contributed by atoms with van der Waals surface area (Å²) < 4.78 is 4.88. The Morgan fingerprint density at radius 1 is 1.25 bits per heavy atom. The van der Waals surface area contributed by atoms with Gasteiger partial charge in [-0.2, -0.15) is 0 Å². The lowest BCUT2D eigenvalue weighted by atomic mass is 9.98. The fraction of sp³-hybridized carbons (Fsp3) is 0.471. The van der Waals surface area contributed by atoms with Crippen LogP contribution in [0.5, 0.6) is 0 Å². The zero-order valence-corrected chi connectivity index (χ0v) is 12.6. The average Bonchev–Trinajstić information content (AvgIpc) is 2.53. The van der Waals surface area contributed by atoms with E-state index in [2.05, 4.69) is 36.1 Å². The molecule has 1 aliphatic heterocycles. The Bertz CT molecular complexity index is 493. The van der Waals surface area contributed by atoms with Gasteiger partial charge in [-0.25, -0.2) is 4.79 Å². The van der Waals surface area contributed by atoms with Gasteiger partial charge in [0.05, 0.1) is 18.7 Å². The van der Waals surface area contributed by atoms with E-state index in [0.717, 1.165) is 30.7 Å². The summed E-state index contributed by atoms with van der Waals surface area (Å²) >= 11 is 0. The Morgan fingerprint density at radius 2 is 1.95 bits per heavy atom. The minimum absolute atomic E-state index is 0.216. The largest absolute Gasteiger partial charge is 0.466 e. The van der Waals surface area contributed by atoms with E-state index in [1.807, 2.05) is 13.0 Å². The third-order valence-corrected chi connectivity index (χ3v) is 4.08. The molecule has 0 aliphatic carbocycles. The van der Waals surface area contributed by atoms with Crippen molar-refractivity contribution in [2.75, 3.05) is 13.7 Å². The number of rotatable bonds is 3. The van der Waals surface area contributed by atoms with Crippen molar-refractivity contribution in [3.05, 3.63) is 47.2 Å². The molecule has 0 radical (unpaired) electrons. The summed E-state index contributed by atoms with van der Waals surface area (Å²) in [6, 6.07) is 10.7. The number of hydrogen-bond acceptors (Lipinski definition) is 3. The number of nitrogens with zero attached hydrogens (tertiary/aromatic N) is 1. The molecule has 0 bridgehead atoms. The summed E-state index contributed by atoms with van der Waals surface area (Å²) in [5, 5.41) is 0. The number of carbonyl (C=O) groups is 1. The molecular weight excluding hydrogens is 250 g/mol. The van der Waals surface area contributed by atoms with Crippen molar-refractivity contribution in [2.45, 2.75) is 39.2 Å². The molecular formula is C17H23NO2. The number of carbonyl (C=O) groups excluding carboxylic acids is 1. The Labute approximate surface area is 121 Å². The summed E-state index contributed by atoms with van der Waals surface area (Å²) in [4.78, 5) is 14.2. The number of hydrogen-bond donors (Lipinski definition) is 0. The fourth-order valence-electron chi connectivity index (χ4n) is 2.87. The SMILES string of the molecule is COC(=O)/C(C)=C1\CCCCN1[C@@H](C)c1ccccc1. The minimum Gasteiger partial charge on any atom is -0.466 e. The van der Waals surface area contributed by atoms with Gasteiger partial charge in [-0.05, 0) is 38.7 Å². The van der Waals surface area contributed by atoms with E-state index in [9.17, 15) is 4.79 Å². The predicted molar refractivity (Wildman–Crippen MR) is 80.1 cm³/mol. The number of likely N-dealkylation sites (tertiary alicyclic amines) is 1. The summed E-state index contributed by atoms with van der Waals surface area (Å²) in [5.74, 6) is -0.216. The van der Waals surface area contributed by atoms with E-state index in [-0.39, 0.29) is 12.0 Å². The van der Waals surface area contributed by atoms with Crippen LogP contribution in [0, 0.1) is 0 Å². The van der Waals surface area contributed by atoms with Crippen LogP contribution in [0.1, 0.15) is 44.7 Å². The van der Waals surface area contributed by atoms with Gasteiger partial charge in [0, 0.05) is 12.2 Å². The molecule has 0 aromatic heterocycles. The third kappa shape index (κ3) is 3.03. The molecule has 0 spiro atoms. The van der Waals surface area contributed by atoms with Crippen LogP contribution in [-0.4, -0.2) is 24.5 Å². The fourth-order valence-corrected chi connectivity index (χ4v) is 2.87. The van der Waals surface area contributed by atoms with Crippen LogP contribution < -0.4 is 0 Å². The third-order valence-electron chi connectivity index (χ3n) is 4.08. The normalized spacial score (nSPS) is 19.4. The minimum atomic E-state index is -0.216. The molecule has 3 nitrogen and oxygen atoms in total. The van der Waals surface area contributed by atoms with E-state index in [1.54, 1.807) is 0 Å². The smallest absolute Gasteiger partial charge is 0.335 e. The van der Waals surface area contributed by atoms with Crippen LogP contribution >= 0.6 is 0 Å². The second-order valence-electron chi connectivity index (χ2n) is 5.30. The highest BCUT2D eigenvalue weighted by Gasteiger charge is 2.25. The number of ether oxygens (including phenoxy) is 1. The lowest BCUT2D eigenvalue weighted by Gasteiger charge is -2.38. The quantitative estimate of drug-likeness (QED) is 0.621. The van der Waals surface area contributed by atoms with Crippen molar-refractivity contribution in [3.63, 3.8) is 0 Å². The monoisotopic (exact) mass is 273 g/mol. The van der Waals surface area contributed by atoms with Crippen LogP contribution in [0.15, 0.2) is 41.6 Å². The van der Waals surface area contributed by atoms with Crippen molar-refractivity contribution in [1.82, 2.24) is 4.90 Å². The molecule has 108 valence electrons. The first kappa shape index (κ1) is 14.6. The van der Waals surface area contributed by atoms with Crippen molar-refractivity contribution in [2.24, 2.45) is 0 Å².